The molecule has 0 aliphatic heterocycles. The number of carbonyl (C=O) groups excluding carboxylic acids is 1. The third-order valence-electron chi connectivity index (χ3n) is 2.67. The molecular weight excluding hydrogens is 295 g/mol. The average molecular weight is 311 g/mol. The first kappa shape index (κ1) is 13.2. The molecule has 0 bridgehead atoms. The molecule has 0 aliphatic rings. The molecule has 1 aromatic carbocycles. The van der Waals surface area contributed by atoms with E-state index >= 15 is 0 Å². The Labute approximate surface area is 112 Å². The van der Waals surface area contributed by atoms with Gasteiger partial charge in [-0.15, -0.1) is 0 Å². The summed E-state index contributed by atoms with van der Waals surface area (Å²) in [5.41, 5.74) is 7.90. The van der Waals surface area contributed by atoms with Crippen LogP contribution in [0, 0.1) is 0 Å². The van der Waals surface area contributed by atoms with Crippen molar-refractivity contribution in [1.82, 2.24) is 7.96 Å². The molecule has 0 saturated heterocycles. The molecule has 0 unspecified atom stereocenters. The van der Waals surface area contributed by atoms with Crippen molar-refractivity contribution in [3.8, 4) is 0 Å². The van der Waals surface area contributed by atoms with Gasteiger partial charge in [-0.25, -0.2) is 0 Å². The minimum atomic E-state index is -0.0652. The van der Waals surface area contributed by atoms with E-state index in [0.29, 0.717) is 13.0 Å². The van der Waals surface area contributed by atoms with Crippen molar-refractivity contribution in [2.24, 2.45) is 5.73 Å². The number of nitrogens with one attached hydrogen (secondary N) is 1. The van der Waals surface area contributed by atoms with Gasteiger partial charge in [-0.1, -0.05) is 0 Å². The quantitative estimate of drug-likeness (QED) is 0.619. The Bertz CT molecular complexity index is 526. The van der Waals surface area contributed by atoms with E-state index in [4.69, 9.17) is 5.73 Å². The molecule has 0 atom stereocenters. The zero-order valence-electron chi connectivity index (χ0n) is 10.1. The van der Waals surface area contributed by atoms with Crippen molar-refractivity contribution >= 4 is 37.6 Å². The van der Waals surface area contributed by atoms with Crippen LogP contribution >= 0.6 is 0 Å². The minimum absolute atomic E-state index is 0.0371. The van der Waals surface area contributed by atoms with Crippen LogP contribution in [0.4, 0.5) is 5.69 Å². The van der Waals surface area contributed by atoms with Crippen molar-refractivity contribution < 1.29 is 4.79 Å². The van der Waals surface area contributed by atoms with Crippen LogP contribution in [0.5, 0.6) is 0 Å². The fourth-order valence-corrected chi connectivity index (χ4v) is 2.88. The number of fused-ring (bicyclic) bond motifs is 1. The van der Waals surface area contributed by atoms with Gasteiger partial charge in [-0.05, 0) is 0 Å². The fourth-order valence-electron chi connectivity index (χ4n) is 1.73. The molecule has 0 aliphatic carbocycles. The summed E-state index contributed by atoms with van der Waals surface area (Å²) < 4.78 is 8.61. The second kappa shape index (κ2) is 6.64. The zero-order valence-corrected chi connectivity index (χ0v) is 11.8. The number of rotatable bonds is 6. The van der Waals surface area contributed by atoms with E-state index in [1.165, 1.54) is 0 Å². The van der Waals surface area contributed by atoms with Crippen LogP contribution in [0.2, 0.25) is 0 Å². The maximum absolute atomic E-state index is 11.8. The van der Waals surface area contributed by atoms with E-state index in [2.05, 4.69) is 13.3 Å². The van der Waals surface area contributed by atoms with Crippen LogP contribution in [0.1, 0.15) is 25.7 Å². The SMILES string of the molecule is NCCCCCC(=O)Nc1cccc2n[se]nc12. The number of aromatic nitrogens is 2. The normalized spacial score (nSPS) is 10.7. The first-order valence-corrected chi connectivity index (χ1v) is 7.55. The Balaban J connectivity index is 1.92. The van der Waals surface area contributed by atoms with Crippen molar-refractivity contribution in [2.75, 3.05) is 11.9 Å². The average Bonchev–Trinajstić information content (AvgIpc) is 2.84. The molecule has 0 spiro atoms. The third-order valence-corrected chi connectivity index (χ3v) is 3.81. The van der Waals surface area contributed by atoms with Crippen LogP contribution in [0.25, 0.3) is 11.0 Å². The van der Waals surface area contributed by atoms with Gasteiger partial charge in [0.2, 0.25) is 0 Å². The van der Waals surface area contributed by atoms with E-state index in [1.54, 1.807) is 0 Å². The van der Waals surface area contributed by atoms with Gasteiger partial charge in [0.25, 0.3) is 0 Å². The molecule has 5 nitrogen and oxygen atoms in total. The second-order valence-corrected chi connectivity index (χ2v) is 5.19. The number of hydrogen-bond donors (Lipinski definition) is 2. The molecule has 1 amide bonds. The van der Waals surface area contributed by atoms with Crippen LogP contribution in [0.15, 0.2) is 18.2 Å². The third kappa shape index (κ3) is 3.38. The Morgan fingerprint density at radius 2 is 2.17 bits per heavy atom. The molecule has 0 saturated carbocycles. The molecule has 2 rings (SSSR count). The van der Waals surface area contributed by atoms with E-state index in [9.17, 15) is 4.79 Å². The van der Waals surface area contributed by atoms with Gasteiger partial charge >= 0.3 is 112 Å². The molecule has 96 valence electrons. The van der Waals surface area contributed by atoms with Crippen LogP contribution in [-0.2, 0) is 4.79 Å². The Hall–Kier alpha value is -1.23. The summed E-state index contributed by atoms with van der Waals surface area (Å²) in [7, 11) is 0. The monoisotopic (exact) mass is 312 g/mol. The van der Waals surface area contributed by atoms with Crippen molar-refractivity contribution in [2.45, 2.75) is 25.7 Å². The van der Waals surface area contributed by atoms with Crippen molar-refractivity contribution in [3.63, 3.8) is 0 Å². The van der Waals surface area contributed by atoms with Gasteiger partial charge in [0.1, 0.15) is 0 Å². The number of nitrogens with zero attached hydrogens (tertiary/aromatic N) is 2. The standard InChI is InChI=1S/C12H16N4OSe/c13-8-3-1-2-7-11(17)14-9-5-4-6-10-12(9)16-18-15-10/h4-6H,1-3,7-8,13H2,(H,14,17). The summed E-state index contributed by atoms with van der Waals surface area (Å²) in [4.78, 5) is 11.8. The summed E-state index contributed by atoms with van der Waals surface area (Å²) in [6.07, 6.45) is 3.39. The molecule has 1 aromatic heterocycles. The summed E-state index contributed by atoms with van der Waals surface area (Å²) in [5.74, 6) is 0.0371. The van der Waals surface area contributed by atoms with Gasteiger partial charge in [0.05, 0.1) is 0 Å². The Morgan fingerprint density at radius 3 is 3.00 bits per heavy atom. The molecule has 3 N–H and O–H groups in total. The number of anilines is 1. The Morgan fingerprint density at radius 1 is 1.28 bits per heavy atom. The van der Waals surface area contributed by atoms with Gasteiger partial charge in [-0.3, -0.25) is 0 Å². The number of amides is 1. The molecule has 0 fully saturated rings. The zero-order chi connectivity index (χ0) is 12.8. The second-order valence-electron chi connectivity index (χ2n) is 4.09. The molecule has 0 radical (unpaired) electrons. The molecule has 1 heterocycles. The molecule has 2 aromatic rings. The fraction of sp³-hybridized carbons (Fsp3) is 0.417. The summed E-state index contributed by atoms with van der Waals surface area (Å²) >= 11 is -0.0652. The van der Waals surface area contributed by atoms with Crippen LogP contribution in [-0.4, -0.2) is 35.4 Å². The van der Waals surface area contributed by atoms with Crippen LogP contribution in [0.3, 0.4) is 0 Å². The Kier molecular flexibility index (Phi) is 4.87. The van der Waals surface area contributed by atoms with E-state index in [0.717, 1.165) is 36.0 Å². The van der Waals surface area contributed by atoms with Gasteiger partial charge in [0, 0.05) is 0 Å². The van der Waals surface area contributed by atoms with E-state index in [1.807, 2.05) is 18.2 Å². The van der Waals surface area contributed by atoms with Gasteiger partial charge in [-0.2, -0.15) is 0 Å². The topological polar surface area (TPSA) is 80.9 Å². The molecular formula is C12H16N4OSe. The predicted octanol–water partition coefficient (Wildman–Crippen LogP) is 1.14. The van der Waals surface area contributed by atoms with Crippen molar-refractivity contribution in [3.05, 3.63) is 18.2 Å². The van der Waals surface area contributed by atoms with E-state index in [-0.39, 0.29) is 20.9 Å². The number of hydrogen-bond acceptors (Lipinski definition) is 4. The number of nitrogens with two attached hydrogens (primary N) is 1. The van der Waals surface area contributed by atoms with Gasteiger partial charge in [0.15, 0.2) is 0 Å². The first-order chi connectivity index (χ1) is 8.81. The summed E-state index contributed by atoms with van der Waals surface area (Å²) in [5, 5.41) is 2.91. The van der Waals surface area contributed by atoms with Crippen LogP contribution < -0.4 is 11.1 Å². The maximum atomic E-state index is 11.8. The molecule has 6 heteroatoms. The molecule has 18 heavy (non-hydrogen) atoms. The van der Waals surface area contributed by atoms with E-state index < -0.39 is 0 Å². The predicted molar refractivity (Wildman–Crippen MR) is 72.6 cm³/mol. The van der Waals surface area contributed by atoms with Crippen molar-refractivity contribution in [1.29, 1.82) is 0 Å². The first-order valence-electron chi connectivity index (χ1n) is 6.02. The number of unbranched alkanes of at least 4 members (excludes halogenated alkanes) is 2. The number of benzene rings is 1. The summed E-state index contributed by atoms with van der Waals surface area (Å²) in [6.45, 7) is 0.691. The number of carbonyl (C=O) groups is 1. The summed E-state index contributed by atoms with van der Waals surface area (Å²) in [6, 6.07) is 5.69. The van der Waals surface area contributed by atoms with Gasteiger partial charge < -0.3 is 0 Å².